The molecule has 3 aromatic rings. The Morgan fingerprint density at radius 2 is 1.47 bits per heavy atom. The van der Waals surface area contributed by atoms with Crippen LogP contribution < -0.4 is 10.6 Å². The lowest BCUT2D eigenvalue weighted by Crippen LogP contribution is -2.46. The van der Waals surface area contributed by atoms with Gasteiger partial charge < -0.3 is 4.52 Å². The van der Waals surface area contributed by atoms with Crippen molar-refractivity contribution in [3.63, 3.8) is 0 Å². The molecule has 2 nitrogen and oxygen atoms in total. The Labute approximate surface area is 182 Å². The Bertz CT molecular complexity index is 876. The standard InChI is InChI=1S/C27H32NOP/c1-21(2)25-18-17-22(3)20-27(25,26-16-10-11-19-28-26)29-30(23-12-6-4-7-13-23)24-14-8-5-9-15-24/h4-16,19,21-22,25H,17-18,20H2,1-3H3/t22?,25-,27-/m0/s1. The van der Waals surface area contributed by atoms with Crippen molar-refractivity contribution < 1.29 is 4.52 Å². The largest absolute Gasteiger partial charge is 0.337 e. The van der Waals surface area contributed by atoms with Crippen molar-refractivity contribution in [3.8, 4) is 0 Å². The molecule has 1 fully saturated rings. The van der Waals surface area contributed by atoms with Crippen molar-refractivity contribution in [3.05, 3.63) is 90.8 Å². The topological polar surface area (TPSA) is 22.1 Å². The molecule has 0 N–H and O–H groups in total. The first-order valence-electron chi connectivity index (χ1n) is 11.1. The first-order valence-corrected chi connectivity index (χ1v) is 12.4. The zero-order chi connectivity index (χ0) is 21.0. The van der Waals surface area contributed by atoms with E-state index in [4.69, 9.17) is 9.51 Å². The number of benzene rings is 2. The summed E-state index contributed by atoms with van der Waals surface area (Å²) in [6.07, 6.45) is 5.38. The maximum atomic E-state index is 7.38. The van der Waals surface area contributed by atoms with Crippen LogP contribution in [0.5, 0.6) is 0 Å². The van der Waals surface area contributed by atoms with Crippen LogP contribution in [0.4, 0.5) is 0 Å². The van der Waals surface area contributed by atoms with Gasteiger partial charge in [-0.15, -0.1) is 0 Å². The number of pyridine rings is 1. The fraction of sp³-hybridized carbons (Fsp3) is 0.370. The maximum Gasteiger partial charge on any atom is 0.118 e. The van der Waals surface area contributed by atoms with E-state index in [1.807, 2.05) is 12.3 Å². The SMILES string of the molecule is CC1CC[C@@H](C(C)C)[C@](OP(c2ccccc2)c2ccccc2)(c2ccccn2)C1. The van der Waals surface area contributed by atoms with Gasteiger partial charge in [0.1, 0.15) is 5.60 Å². The molecule has 0 aliphatic heterocycles. The Hall–Kier alpha value is -2.02. The molecular weight excluding hydrogens is 385 g/mol. The summed E-state index contributed by atoms with van der Waals surface area (Å²) in [5.41, 5.74) is 0.722. The van der Waals surface area contributed by atoms with Crippen molar-refractivity contribution >= 4 is 18.8 Å². The third kappa shape index (κ3) is 4.36. The molecule has 1 saturated carbocycles. The number of rotatable bonds is 6. The fourth-order valence-corrected chi connectivity index (χ4v) is 6.97. The second-order valence-corrected chi connectivity index (χ2v) is 10.7. The molecule has 30 heavy (non-hydrogen) atoms. The summed E-state index contributed by atoms with van der Waals surface area (Å²) in [6.45, 7) is 7.05. The van der Waals surface area contributed by atoms with Crippen molar-refractivity contribution in [2.75, 3.05) is 0 Å². The van der Waals surface area contributed by atoms with E-state index in [2.05, 4.69) is 93.6 Å². The summed E-state index contributed by atoms with van der Waals surface area (Å²) in [7, 11) is -0.956. The van der Waals surface area contributed by atoms with E-state index in [9.17, 15) is 0 Å². The van der Waals surface area contributed by atoms with E-state index >= 15 is 0 Å². The number of hydrogen-bond donors (Lipinski definition) is 0. The molecule has 0 saturated heterocycles. The van der Waals surface area contributed by atoms with E-state index in [1.165, 1.54) is 23.5 Å². The lowest BCUT2D eigenvalue weighted by molar-refractivity contribution is -0.0583. The van der Waals surface area contributed by atoms with Crippen LogP contribution in [0.15, 0.2) is 85.1 Å². The molecule has 0 bridgehead atoms. The second-order valence-electron chi connectivity index (χ2n) is 8.90. The van der Waals surface area contributed by atoms with E-state index in [0.29, 0.717) is 17.8 Å². The summed E-state index contributed by atoms with van der Waals surface area (Å²) in [6, 6.07) is 27.8. The van der Waals surface area contributed by atoms with Crippen LogP contribution in [-0.2, 0) is 10.1 Å². The molecule has 1 aliphatic carbocycles. The van der Waals surface area contributed by atoms with Crippen molar-refractivity contribution in [2.24, 2.45) is 17.8 Å². The van der Waals surface area contributed by atoms with Gasteiger partial charge >= 0.3 is 0 Å². The predicted octanol–water partition coefficient (Wildman–Crippen LogP) is 6.43. The average Bonchev–Trinajstić information content (AvgIpc) is 2.79. The minimum absolute atomic E-state index is 0.371. The van der Waals surface area contributed by atoms with Crippen LogP contribution in [0.25, 0.3) is 0 Å². The third-order valence-corrected chi connectivity index (χ3v) is 8.40. The molecule has 4 rings (SSSR count). The molecule has 0 radical (unpaired) electrons. The zero-order valence-corrected chi connectivity index (χ0v) is 19.1. The van der Waals surface area contributed by atoms with Gasteiger partial charge in [-0.3, -0.25) is 4.98 Å². The highest BCUT2D eigenvalue weighted by Gasteiger charge is 2.49. The zero-order valence-electron chi connectivity index (χ0n) is 18.2. The Balaban J connectivity index is 1.85. The van der Waals surface area contributed by atoms with Crippen molar-refractivity contribution in [1.29, 1.82) is 0 Å². The van der Waals surface area contributed by atoms with E-state index in [-0.39, 0.29) is 5.60 Å². The van der Waals surface area contributed by atoms with Crippen LogP contribution in [0, 0.1) is 17.8 Å². The molecule has 1 aromatic heterocycles. The number of hydrogen-bond acceptors (Lipinski definition) is 2. The summed E-state index contributed by atoms with van der Waals surface area (Å²) >= 11 is 0. The summed E-state index contributed by atoms with van der Waals surface area (Å²) in [5.74, 6) is 1.59. The first-order chi connectivity index (χ1) is 14.6. The lowest BCUT2D eigenvalue weighted by atomic mass is 9.65. The van der Waals surface area contributed by atoms with Gasteiger partial charge in [-0.1, -0.05) is 93.9 Å². The quantitative estimate of drug-likeness (QED) is 0.431. The first kappa shape index (κ1) is 21.2. The summed E-state index contributed by atoms with van der Waals surface area (Å²) in [5, 5.41) is 2.52. The van der Waals surface area contributed by atoms with Gasteiger partial charge in [0.05, 0.1) is 13.8 Å². The molecule has 0 amide bonds. The fourth-order valence-electron chi connectivity index (χ4n) is 4.94. The second kappa shape index (κ2) is 9.41. The van der Waals surface area contributed by atoms with Gasteiger partial charge in [0, 0.05) is 16.8 Å². The summed E-state index contributed by atoms with van der Waals surface area (Å²) in [4.78, 5) is 4.87. The Morgan fingerprint density at radius 3 is 2.00 bits per heavy atom. The molecule has 3 heteroatoms. The van der Waals surface area contributed by atoms with Crippen LogP contribution in [0.2, 0.25) is 0 Å². The van der Waals surface area contributed by atoms with Crippen LogP contribution in [-0.4, -0.2) is 4.98 Å². The molecule has 2 aromatic carbocycles. The highest BCUT2D eigenvalue weighted by atomic mass is 31.1. The number of nitrogens with zero attached hydrogens (tertiary/aromatic N) is 1. The Morgan fingerprint density at radius 1 is 0.867 bits per heavy atom. The third-order valence-electron chi connectivity index (χ3n) is 6.36. The Kier molecular flexibility index (Phi) is 6.66. The van der Waals surface area contributed by atoms with E-state index in [1.54, 1.807) is 0 Å². The smallest absolute Gasteiger partial charge is 0.118 e. The van der Waals surface area contributed by atoms with Crippen LogP contribution in [0.3, 0.4) is 0 Å². The van der Waals surface area contributed by atoms with Gasteiger partial charge in [-0.25, -0.2) is 0 Å². The molecule has 1 unspecified atom stereocenters. The monoisotopic (exact) mass is 417 g/mol. The van der Waals surface area contributed by atoms with E-state index in [0.717, 1.165) is 12.1 Å². The van der Waals surface area contributed by atoms with Gasteiger partial charge in [0.15, 0.2) is 0 Å². The van der Waals surface area contributed by atoms with Crippen LogP contribution in [0.1, 0.15) is 45.7 Å². The molecule has 1 aliphatic rings. The maximum absolute atomic E-state index is 7.38. The predicted molar refractivity (Wildman–Crippen MR) is 127 cm³/mol. The molecule has 3 atom stereocenters. The summed E-state index contributed by atoms with van der Waals surface area (Å²) < 4.78 is 7.38. The molecule has 156 valence electrons. The molecule has 1 heterocycles. The normalized spacial score (nSPS) is 24.3. The van der Waals surface area contributed by atoms with Gasteiger partial charge in [0.2, 0.25) is 0 Å². The van der Waals surface area contributed by atoms with Gasteiger partial charge in [-0.05, 0) is 42.7 Å². The average molecular weight is 418 g/mol. The molecular formula is C27H32NOP. The van der Waals surface area contributed by atoms with Gasteiger partial charge in [-0.2, -0.15) is 0 Å². The minimum atomic E-state index is -0.956. The highest BCUT2D eigenvalue weighted by molar-refractivity contribution is 7.68. The van der Waals surface area contributed by atoms with Gasteiger partial charge in [0.25, 0.3) is 0 Å². The lowest BCUT2D eigenvalue weighted by Gasteiger charge is -2.49. The van der Waals surface area contributed by atoms with Crippen molar-refractivity contribution in [2.45, 2.75) is 45.6 Å². The number of aromatic nitrogens is 1. The van der Waals surface area contributed by atoms with Crippen LogP contribution >= 0.6 is 8.15 Å². The highest BCUT2D eigenvalue weighted by Crippen LogP contribution is 2.55. The van der Waals surface area contributed by atoms with E-state index < -0.39 is 8.15 Å². The molecule has 0 spiro atoms. The van der Waals surface area contributed by atoms with Crippen molar-refractivity contribution in [1.82, 2.24) is 4.98 Å². The minimum Gasteiger partial charge on any atom is -0.337 e.